The van der Waals surface area contributed by atoms with Crippen molar-refractivity contribution in [2.24, 2.45) is 5.73 Å². The molecule has 1 amide bonds. The Kier molecular flexibility index (Phi) is 3.55. The minimum atomic E-state index is -0.317. The van der Waals surface area contributed by atoms with Crippen molar-refractivity contribution >= 4 is 17.3 Å². The number of para-hydroxylation sites is 1. The summed E-state index contributed by atoms with van der Waals surface area (Å²) in [6.45, 7) is 3.87. The summed E-state index contributed by atoms with van der Waals surface area (Å²) in [5, 5.41) is 3.18. The van der Waals surface area contributed by atoms with E-state index in [1.54, 1.807) is 0 Å². The van der Waals surface area contributed by atoms with Crippen LogP contribution in [0.2, 0.25) is 0 Å². The number of benzene rings is 1. The third-order valence-corrected chi connectivity index (χ3v) is 2.20. The molecule has 1 unspecified atom stereocenters. The lowest BCUT2D eigenvalue weighted by atomic mass is 10.1. The molecule has 5 N–H and O–H groups in total. The average Bonchev–Trinajstić information content (AvgIpc) is 2.10. The monoisotopic (exact) mass is 207 g/mol. The number of amides is 1. The van der Waals surface area contributed by atoms with Gasteiger partial charge in [-0.05, 0) is 25.5 Å². The van der Waals surface area contributed by atoms with Gasteiger partial charge in [0, 0.05) is 12.5 Å². The Morgan fingerprint density at radius 3 is 2.73 bits per heavy atom. The summed E-state index contributed by atoms with van der Waals surface area (Å²) >= 11 is 0. The second kappa shape index (κ2) is 4.68. The summed E-state index contributed by atoms with van der Waals surface area (Å²) in [6, 6.07) is 5.68. The molecule has 1 atom stereocenters. The van der Waals surface area contributed by atoms with E-state index >= 15 is 0 Å². The average molecular weight is 207 g/mol. The van der Waals surface area contributed by atoms with Gasteiger partial charge in [0.15, 0.2) is 0 Å². The van der Waals surface area contributed by atoms with Crippen molar-refractivity contribution in [2.75, 3.05) is 11.1 Å². The molecule has 0 fully saturated rings. The number of carbonyl (C=O) groups is 1. The highest BCUT2D eigenvalue weighted by atomic mass is 16.1. The number of nitrogens with two attached hydrogens (primary N) is 2. The van der Waals surface area contributed by atoms with Crippen LogP contribution in [0.1, 0.15) is 18.9 Å². The highest BCUT2D eigenvalue weighted by molar-refractivity contribution is 5.76. The van der Waals surface area contributed by atoms with E-state index in [4.69, 9.17) is 11.5 Å². The van der Waals surface area contributed by atoms with Crippen LogP contribution in [0.4, 0.5) is 11.4 Å². The molecule has 1 aromatic carbocycles. The number of primary amides is 1. The molecule has 15 heavy (non-hydrogen) atoms. The summed E-state index contributed by atoms with van der Waals surface area (Å²) in [5.74, 6) is -0.317. The predicted octanol–water partition coefficient (Wildman–Crippen LogP) is 1.25. The Hall–Kier alpha value is -1.71. The number of anilines is 2. The highest BCUT2D eigenvalue weighted by Gasteiger charge is 2.09. The zero-order valence-corrected chi connectivity index (χ0v) is 9.08. The standard InChI is InChI=1S/C11H17N3O/c1-7-4-3-5-9(12)11(7)14-8(2)6-10(13)15/h3-5,8,14H,6,12H2,1-2H3,(H2,13,15). The topological polar surface area (TPSA) is 81.1 Å². The number of carbonyl (C=O) groups excluding carboxylic acids is 1. The van der Waals surface area contributed by atoms with Crippen LogP contribution in [-0.2, 0) is 4.79 Å². The molecule has 0 saturated carbocycles. The van der Waals surface area contributed by atoms with Gasteiger partial charge < -0.3 is 16.8 Å². The summed E-state index contributed by atoms with van der Waals surface area (Å²) in [5.41, 5.74) is 13.6. The number of aryl methyl sites for hydroxylation is 1. The maximum atomic E-state index is 10.7. The van der Waals surface area contributed by atoms with Crippen molar-refractivity contribution in [1.29, 1.82) is 0 Å². The third-order valence-electron chi connectivity index (χ3n) is 2.20. The number of rotatable bonds is 4. The Labute approximate surface area is 89.6 Å². The first-order chi connectivity index (χ1) is 7.00. The Bertz CT molecular complexity index is 343. The molecule has 0 bridgehead atoms. The molecule has 0 spiro atoms. The molecule has 1 aromatic rings. The van der Waals surface area contributed by atoms with E-state index in [1.807, 2.05) is 32.0 Å². The van der Waals surface area contributed by atoms with Gasteiger partial charge in [-0.25, -0.2) is 0 Å². The minimum absolute atomic E-state index is 0.00843. The molecule has 0 aliphatic heterocycles. The van der Waals surface area contributed by atoms with Crippen molar-refractivity contribution < 1.29 is 4.79 Å². The smallest absolute Gasteiger partial charge is 0.219 e. The van der Waals surface area contributed by atoms with E-state index in [1.165, 1.54) is 0 Å². The van der Waals surface area contributed by atoms with Crippen LogP contribution in [0, 0.1) is 6.92 Å². The lowest BCUT2D eigenvalue weighted by Crippen LogP contribution is -2.24. The van der Waals surface area contributed by atoms with Gasteiger partial charge in [0.25, 0.3) is 0 Å². The molecule has 0 saturated heterocycles. The Balaban J connectivity index is 2.76. The van der Waals surface area contributed by atoms with Gasteiger partial charge in [0.1, 0.15) is 0 Å². The van der Waals surface area contributed by atoms with Crippen LogP contribution in [0.15, 0.2) is 18.2 Å². The lowest BCUT2D eigenvalue weighted by molar-refractivity contribution is -0.118. The van der Waals surface area contributed by atoms with Crippen LogP contribution in [0.25, 0.3) is 0 Å². The summed E-state index contributed by atoms with van der Waals surface area (Å²) in [6.07, 6.45) is 0.299. The van der Waals surface area contributed by atoms with E-state index in [9.17, 15) is 4.79 Å². The largest absolute Gasteiger partial charge is 0.397 e. The fraction of sp³-hybridized carbons (Fsp3) is 0.364. The molecule has 0 heterocycles. The quantitative estimate of drug-likeness (QED) is 0.650. The van der Waals surface area contributed by atoms with E-state index in [0.717, 1.165) is 11.3 Å². The maximum Gasteiger partial charge on any atom is 0.219 e. The fourth-order valence-corrected chi connectivity index (χ4v) is 1.49. The Morgan fingerprint density at radius 2 is 2.20 bits per heavy atom. The highest BCUT2D eigenvalue weighted by Crippen LogP contribution is 2.23. The van der Waals surface area contributed by atoms with Crippen LogP contribution in [0.5, 0.6) is 0 Å². The van der Waals surface area contributed by atoms with E-state index in [0.29, 0.717) is 12.1 Å². The van der Waals surface area contributed by atoms with Gasteiger partial charge in [-0.1, -0.05) is 12.1 Å². The normalized spacial score (nSPS) is 12.1. The van der Waals surface area contributed by atoms with Gasteiger partial charge in [0.05, 0.1) is 11.4 Å². The molecule has 1 rings (SSSR count). The molecule has 4 heteroatoms. The lowest BCUT2D eigenvalue weighted by Gasteiger charge is -2.17. The minimum Gasteiger partial charge on any atom is -0.397 e. The Morgan fingerprint density at radius 1 is 1.53 bits per heavy atom. The predicted molar refractivity (Wildman–Crippen MR) is 62.5 cm³/mol. The van der Waals surface area contributed by atoms with Crippen molar-refractivity contribution in [3.63, 3.8) is 0 Å². The fourth-order valence-electron chi connectivity index (χ4n) is 1.49. The number of hydrogen-bond acceptors (Lipinski definition) is 3. The molecular weight excluding hydrogens is 190 g/mol. The molecule has 4 nitrogen and oxygen atoms in total. The molecule has 0 aliphatic carbocycles. The second-order valence-corrected chi connectivity index (χ2v) is 3.75. The van der Waals surface area contributed by atoms with Gasteiger partial charge in [-0.2, -0.15) is 0 Å². The number of nitrogens with one attached hydrogen (secondary N) is 1. The molecule has 0 aliphatic rings. The zero-order valence-electron chi connectivity index (χ0n) is 9.08. The molecule has 0 aromatic heterocycles. The van der Waals surface area contributed by atoms with Gasteiger partial charge in [-0.15, -0.1) is 0 Å². The summed E-state index contributed by atoms with van der Waals surface area (Å²) < 4.78 is 0. The molecule has 82 valence electrons. The van der Waals surface area contributed by atoms with Crippen molar-refractivity contribution in [2.45, 2.75) is 26.3 Å². The summed E-state index contributed by atoms with van der Waals surface area (Å²) in [7, 11) is 0. The first-order valence-corrected chi connectivity index (χ1v) is 4.90. The van der Waals surface area contributed by atoms with Gasteiger partial charge >= 0.3 is 0 Å². The van der Waals surface area contributed by atoms with Crippen molar-refractivity contribution in [3.8, 4) is 0 Å². The van der Waals surface area contributed by atoms with Crippen LogP contribution < -0.4 is 16.8 Å². The van der Waals surface area contributed by atoms with Crippen molar-refractivity contribution in [3.05, 3.63) is 23.8 Å². The first-order valence-electron chi connectivity index (χ1n) is 4.90. The van der Waals surface area contributed by atoms with Crippen LogP contribution >= 0.6 is 0 Å². The van der Waals surface area contributed by atoms with Crippen molar-refractivity contribution in [1.82, 2.24) is 0 Å². The zero-order chi connectivity index (χ0) is 11.4. The van der Waals surface area contributed by atoms with Crippen LogP contribution in [0.3, 0.4) is 0 Å². The third kappa shape index (κ3) is 3.16. The van der Waals surface area contributed by atoms with E-state index in [2.05, 4.69) is 5.32 Å². The van der Waals surface area contributed by atoms with Gasteiger partial charge in [0.2, 0.25) is 5.91 Å². The van der Waals surface area contributed by atoms with Gasteiger partial charge in [-0.3, -0.25) is 4.79 Å². The molecular formula is C11H17N3O. The molecule has 0 radical (unpaired) electrons. The maximum absolute atomic E-state index is 10.7. The number of nitrogen functional groups attached to an aromatic ring is 1. The second-order valence-electron chi connectivity index (χ2n) is 3.75. The SMILES string of the molecule is Cc1cccc(N)c1NC(C)CC(N)=O. The first kappa shape index (κ1) is 11.4. The van der Waals surface area contributed by atoms with E-state index in [-0.39, 0.29) is 11.9 Å². The van der Waals surface area contributed by atoms with E-state index < -0.39 is 0 Å². The summed E-state index contributed by atoms with van der Waals surface area (Å²) in [4.78, 5) is 10.7. The van der Waals surface area contributed by atoms with Crippen LogP contribution in [-0.4, -0.2) is 11.9 Å². The number of hydrogen-bond donors (Lipinski definition) is 3.